The Morgan fingerprint density at radius 3 is 2.64 bits per heavy atom. The number of amides is 1. The van der Waals surface area contributed by atoms with Crippen LogP contribution in [0.15, 0.2) is 59.7 Å². The van der Waals surface area contributed by atoms with Gasteiger partial charge in [0, 0.05) is 23.6 Å². The lowest BCUT2D eigenvalue weighted by molar-refractivity contribution is 0.100. The average Bonchev–Trinajstić information content (AvgIpc) is 3.04. The lowest BCUT2D eigenvalue weighted by Gasteiger charge is -2.06. The normalized spacial score (nSPS) is 11.0. The average molecular weight is 359 g/mol. The fraction of sp³-hybridized carbons (Fsp3) is 0.111. The van der Waals surface area contributed by atoms with Crippen molar-refractivity contribution in [3.63, 3.8) is 0 Å². The van der Waals surface area contributed by atoms with Gasteiger partial charge in [-0.1, -0.05) is 30.3 Å². The summed E-state index contributed by atoms with van der Waals surface area (Å²) in [5.74, 6) is 0.489. The zero-order chi connectivity index (χ0) is 16.9. The van der Waals surface area contributed by atoms with Crippen LogP contribution in [-0.2, 0) is 6.54 Å². The molecule has 0 aliphatic carbocycles. The van der Waals surface area contributed by atoms with E-state index in [9.17, 15) is 4.79 Å². The number of ether oxygens (including phenoxy) is 1. The number of nitrogens with zero attached hydrogens (tertiary/aromatic N) is 1. The molecule has 4 N–H and O–H groups in total. The summed E-state index contributed by atoms with van der Waals surface area (Å²) in [4.78, 5) is 19.2. The molecule has 1 heterocycles. The standard InChI is InChI=1S/C18H18N4O2.ClH/c1-24-13-8-6-12(7-9-13)10-21-18(19)22-17(23)15-11-20-16-5-3-2-4-14(15)16;/h2-9,11,20H,10H2,1H3,(H3,19,21,22,23);1H. The second kappa shape index (κ2) is 8.21. The Morgan fingerprint density at radius 2 is 1.92 bits per heavy atom. The molecule has 7 heteroatoms. The Bertz CT molecular complexity index is 887. The largest absolute Gasteiger partial charge is 0.497 e. The number of carbonyl (C=O) groups excluding carboxylic acids is 1. The van der Waals surface area contributed by atoms with Crippen LogP contribution in [0.1, 0.15) is 15.9 Å². The Morgan fingerprint density at radius 1 is 1.20 bits per heavy atom. The summed E-state index contributed by atoms with van der Waals surface area (Å²) < 4.78 is 5.11. The molecule has 0 unspecified atom stereocenters. The number of carbonyl (C=O) groups is 1. The van der Waals surface area contributed by atoms with Crippen LogP contribution in [0.25, 0.3) is 10.9 Å². The minimum atomic E-state index is -0.382. The molecule has 3 aromatic rings. The molecule has 0 aliphatic heterocycles. The molecule has 0 bridgehead atoms. The van der Waals surface area contributed by atoms with E-state index >= 15 is 0 Å². The van der Waals surface area contributed by atoms with Crippen LogP contribution in [0.3, 0.4) is 0 Å². The highest BCUT2D eigenvalue weighted by Gasteiger charge is 2.11. The van der Waals surface area contributed by atoms with Crippen molar-refractivity contribution >= 4 is 35.2 Å². The van der Waals surface area contributed by atoms with Gasteiger partial charge in [0.15, 0.2) is 5.96 Å². The molecule has 6 nitrogen and oxygen atoms in total. The molecule has 0 saturated heterocycles. The van der Waals surface area contributed by atoms with Crippen LogP contribution in [0.4, 0.5) is 0 Å². The highest BCUT2D eigenvalue weighted by molar-refractivity contribution is 6.10. The molecular weight excluding hydrogens is 340 g/mol. The summed E-state index contributed by atoms with van der Waals surface area (Å²) in [6, 6.07) is 15.1. The fourth-order valence-electron chi connectivity index (χ4n) is 2.39. The van der Waals surface area contributed by atoms with Crippen LogP contribution in [0, 0.1) is 0 Å². The van der Waals surface area contributed by atoms with Gasteiger partial charge in [-0.25, -0.2) is 0 Å². The van der Waals surface area contributed by atoms with E-state index < -0.39 is 0 Å². The summed E-state index contributed by atoms with van der Waals surface area (Å²) in [5.41, 5.74) is 8.21. The third kappa shape index (κ3) is 4.30. The number of hydrogen-bond donors (Lipinski definition) is 3. The SMILES string of the molecule is COc1ccc(CNC(N)=NC(=O)c2c[nH]c3ccccc23)cc1.Cl. The smallest absolute Gasteiger partial charge is 0.282 e. The van der Waals surface area contributed by atoms with Gasteiger partial charge in [-0.3, -0.25) is 4.79 Å². The monoisotopic (exact) mass is 358 g/mol. The van der Waals surface area contributed by atoms with Crippen molar-refractivity contribution in [2.75, 3.05) is 7.11 Å². The Kier molecular flexibility index (Phi) is 6.03. The maximum Gasteiger partial charge on any atom is 0.282 e. The topological polar surface area (TPSA) is 92.5 Å². The van der Waals surface area contributed by atoms with Crippen LogP contribution in [0.5, 0.6) is 5.75 Å². The maximum absolute atomic E-state index is 12.3. The van der Waals surface area contributed by atoms with Gasteiger partial charge in [0.2, 0.25) is 0 Å². The molecule has 2 aromatic carbocycles. The van der Waals surface area contributed by atoms with Crippen molar-refractivity contribution < 1.29 is 9.53 Å². The molecule has 130 valence electrons. The predicted octanol–water partition coefficient (Wildman–Crippen LogP) is 2.84. The van der Waals surface area contributed by atoms with E-state index in [1.54, 1.807) is 13.3 Å². The van der Waals surface area contributed by atoms with E-state index in [-0.39, 0.29) is 24.3 Å². The molecular formula is C18H19ClN4O2. The Hall–Kier alpha value is -2.99. The van der Waals surface area contributed by atoms with Gasteiger partial charge < -0.3 is 20.8 Å². The summed E-state index contributed by atoms with van der Waals surface area (Å²) in [5, 5.41) is 3.76. The van der Waals surface area contributed by atoms with Crippen LogP contribution >= 0.6 is 12.4 Å². The first-order chi connectivity index (χ1) is 11.7. The van der Waals surface area contributed by atoms with E-state index in [4.69, 9.17) is 10.5 Å². The van der Waals surface area contributed by atoms with Gasteiger partial charge >= 0.3 is 0 Å². The van der Waals surface area contributed by atoms with E-state index in [2.05, 4.69) is 15.3 Å². The van der Waals surface area contributed by atoms with Crippen molar-refractivity contribution in [1.82, 2.24) is 10.3 Å². The van der Waals surface area contributed by atoms with Crippen molar-refractivity contribution in [1.29, 1.82) is 0 Å². The molecule has 0 atom stereocenters. The molecule has 1 amide bonds. The summed E-state index contributed by atoms with van der Waals surface area (Å²) in [6.07, 6.45) is 1.65. The third-order valence-electron chi connectivity index (χ3n) is 3.67. The number of aromatic amines is 1. The first kappa shape index (κ1) is 18.4. The third-order valence-corrected chi connectivity index (χ3v) is 3.67. The van der Waals surface area contributed by atoms with Crippen molar-refractivity contribution in [2.24, 2.45) is 10.7 Å². The number of benzene rings is 2. The first-order valence-corrected chi connectivity index (χ1v) is 7.49. The number of methoxy groups -OCH3 is 1. The zero-order valence-corrected chi connectivity index (χ0v) is 14.5. The second-order valence-electron chi connectivity index (χ2n) is 5.25. The number of nitrogens with two attached hydrogens (primary N) is 1. The van der Waals surface area contributed by atoms with Crippen molar-refractivity contribution in [3.05, 3.63) is 65.9 Å². The maximum atomic E-state index is 12.3. The minimum Gasteiger partial charge on any atom is -0.497 e. The molecule has 0 fully saturated rings. The van der Waals surface area contributed by atoms with E-state index in [1.807, 2.05) is 48.5 Å². The quantitative estimate of drug-likeness (QED) is 0.494. The molecule has 25 heavy (non-hydrogen) atoms. The molecule has 1 aromatic heterocycles. The van der Waals surface area contributed by atoms with Crippen LogP contribution in [-0.4, -0.2) is 24.0 Å². The number of para-hydroxylation sites is 1. The number of fused-ring (bicyclic) bond motifs is 1. The number of aliphatic imine (C=N–C) groups is 1. The van der Waals surface area contributed by atoms with Gasteiger partial charge in [-0.15, -0.1) is 12.4 Å². The molecule has 0 spiro atoms. The van der Waals surface area contributed by atoms with Gasteiger partial charge in [-0.2, -0.15) is 4.99 Å². The van der Waals surface area contributed by atoms with Crippen molar-refractivity contribution in [2.45, 2.75) is 6.54 Å². The highest BCUT2D eigenvalue weighted by Crippen LogP contribution is 2.18. The van der Waals surface area contributed by atoms with Gasteiger partial charge in [0.1, 0.15) is 5.75 Å². The van der Waals surface area contributed by atoms with E-state index in [0.29, 0.717) is 12.1 Å². The zero-order valence-electron chi connectivity index (χ0n) is 13.7. The second-order valence-corrected chi connectivity index (χ2v) is 5.25. The van der Waals surface area contributed by atoms with E-state index in [0.717, 1.165) is 22.2 Å². The molecule has 0 aliphatic rings. The van der Waals surface area contributed by atoms with Crippen LogP contribution in [0.2, 0.25) is 0 Å². The number of halogens is 1. The van der Waals surface area contributed by atoms with Gasteiger partial charge in [0.25, 0.3) is 5.91 Å². The number of guanidine groups is 1. The minimum absolute atomic E-state index is 0. The predicted molar refractivity (Wildman–Crippen MR) is 101 cm³/mol. The Labute approximate surface area is 151 Å². The highest BCUT2D eigenvalue weighted by atomic mass is 35.5. The molecule has 0 radical (unpaired) electrons. The summed E-state index contributed by atoms with van der Waals surface area (Å²) in [7, 11) is 1.62. The number of aromatic nitrogens is 1. The number of nitrogens with one attached hydrogen (secondary N) is 2. The number of H-pyrrole nitrogens is 1. The van der Waals surface area contributed by atoms with Gasteiger partial charge in [-0.05, 0) is 23.8 Å². The molecule has 0 saturated carbocycles. The van der Waals surface area contributed by atoms with Gasteiger partial charge in [0.05, 0.1) is 12.7 Å². The molecule has 3 rings (SSSR count). The summed E-state index contributed by atoms with van der Waals surface area (Å²) in [6.45, 7) is 0.473. The Balaban J connectivity index is 0.00000225. The number of hydrogen-bond acceptors (Lipinski definition) is 2. The van der Waals surface area contributed by atoms with E-state index in [1.165, 1.54) is 0 Å². The lowest BCUT2D eigenvalue weighted by Crippen LogP contribution is -2.32. The lowest BCUT2D eigenvalue weighted by atomic mass is 10.2. The summed E-state index contributed by atoms with van der Waals surface area (Å²) >= 11 is 0. The first-order valence-electron chi connectivity index (χ1n) is 7.49. The van der Waals surface area contributed by atoms with Crippen molar-refractivity contribution in [3.8, 4) is 5.75 Å². The van der Waals surface area contributed by atoms with Crippen LogP contribution < -0.4 is 15.8 Å². The number of rotatable bonds is 4. The fourth-order valence-corrected chi connectivity index (χ4v) is 2.39.